The minimum Gasteiger partial charge on any atom is -0.379 e. The van der Waals surface area contributed by atoms with Crippen LogP contribution in [0.5, 0.6) is 0 Å². The summed E-state index contributed by atoms with van der Waals surface area (Å²) in [5, 5.41) is 0. The smallest absolute Gasteiger partial charge is 0.122 e. The van der Waals surface area contributed by atoms with Gasteiger partial charge in [0, 0.05) is 19.6 Å². The Kier molecular flexibility index (Phi) is 4.89. The monoisotopic (exact) mass is 359 g/mol. The first kappa shape index (κ1) is 18.4. The van der Waals surface area contributed by atoms with E-state index in [1.807, 2.05) is 0 Å². The predicted molar refractivity (Wildman–Crippen MR) is 102 cm³/mol. The number of ether oxygens (including phenoxy) is 3. The van der Waals surface area contributed by atoms with Gasteiger partial charge in [0.25, 0.3) is 0 Å². The molecule has 4 heteroatoms. The first-order valence-corrected chi connectivity index (χ1v) is 10.2. The zero-order chi connectivity index (χ0) is 18.3. The Morgan fingerprint density at radius 1 is 1.12 bits per heavy atom. The minimum absolute atomic E-state index is 0.0706. The van der Waals surface area contributed by atoms with E-state index >= 15 is 0 Å². The fourth-order valence-electron chi connectivity index (χ4n) is 5.31. The Morgan fingerprint density at radius 3 is 2.50 bits per heavy atom. The number of hydrogen-bond acceptors (Lipinski definition) is 4. The Bertz CT molecular complexity index is 613. The molecule has 0 spiro atoms. The second-order valence-electron chi connectivity index (χ2n) is 8.87. The molecule has 3 aliphatic heterocycles. The zero-order valence-electron chi connectivity index (χ0n) is 16.5. The highest BCUT2D eigenvalue weighted by molar-refractivity contribution is 5.30. The molecule has 4 nitrogen and oxygen atoms in total. The van der Waals surface area contributed by atoms with Crippen LogP contribution in [0.3, 0.4) is 0 Å². The van der Waals surface area contributed by atoms with Gasteiger partial charge in [-0.3, -0.25) is 4.90 Å². The van der Waals surface area contributed by atoms with E-state index in [9.17, 15) is 0 Å². The summed E-state index contributed by atoms with van der Waals surface area (Å²) in [4.78, 5) is 2.44. The summed E-state index contributed by atoms with van der Waals surface area (Å²) in [6.45, 7) is 12.1. The molecule has 1 aromatic rings. The topological polar surface area (TPSA) is 30.9 Å². The molecule has 3 heterocycles. The van der Waals surface area contributed by atoms with E-state index in [0.717, 1.165) is 52.3 Å². The maximum Gasteiger partial charge on any atom is 0.122 e. The Morgan fingerprint density at radius 2 is 1.85 bits per heavy atom. The molecule has 0 amide bonds. The van der Waals surface area contributed by atoms with Crippen LogP contribution in [0, 0.1) is 5.92 Å². The third-order valence-corrected chi connectivity index (χ3v) is 6.93. The zero-order valence-corrected chi connectivity index (χ0v) is 16.5. The predicted octanol–water partition coefficient (Wildman–Crippen LogP) is 3.60. The number of benzene rings is 1. The molecule has 4 fully saturated rings. The molecule has 3 saturated heterocycles. The summed E-state index contributed by atoms with van der Waals surface area (Å²) in [7, 11) is 0. The maximum absolute atomic E-state index is 6.78. The van der Waals surface area contributed by atoms with Crippen LogP contribution in [0.15, 0.2) is 30.3 Å². The van der Waals surface area contributed by atoms with Crippen molar-refractivity contribution in [3.8, 4) is 0 Å². The van der Waals surface area contributed by atoms with Gasteiger partial charge in [-0.2, -0.15) is 0 Å². The minimum atomic E-state index is -0.348. The van der Waals surface area contributed by atoms with Crippen LogP contribution in [-0.2, 0) is 19.8 Å². The first-order valence-electron chi connectivity index (χ1n) is 10.2. The lowest BCUT2D eigenvalue weighted by Gasteiger charge is -2.63. The summed E-state index contributed by atoms with van der Waals surface area (Å²) in [6, 6.07) is 10.8. The molecule has 1 aromatic carbocycles. The second kappa shape index (κ2) is 6.90. The standard InChI is InChI=1S/C22H33NO3/c1-20(2)19-9-10-21(3,26-20)22(17-19,18-7-5-4-6-8-18)25-16-13-23-11-14-24-15-12-23/h4-8,19H,9-17H2,1-3H3. The fraction of sp³-hybridized carbons (Fsp3) is 0.727. The summed E-state index contributed by atoms with van der Waals surface area (Å²) in [5.41, 5.74) is 0.569. The largest absolute Gasteiger partial charge is 0.379 e. The molecule has 0 N–H and O–H groups in total. The SMILES string of the molecule is CC1(C)OC2(C)CCC1CC2(OCCN1CCOCC1)c1ccccc1. The van der Waals surface area contributed by atoms with Crippen molar-refractivity contribution in [1.82, 2.24) is 4.90 Å². The van der Waals surface area contributed by atoms with Gasteiger partial charge in [-0.1, -0.05) is 30.3 Å². The van der Waals surface area contributed by atoms with Gasteiger partial charge < -0.3 is 14.2 Å². The molecule has 3 atom stereocenters. The van der Waals surface area contributed by atoms with E-state index in [0.29, 0.717) is 5.92 Å². The van der Waals surface area contributed by atoms with Crippen LogP contribution >= 0.6 is 0 Å². The third kappa shape index (κ3) is 3.11. The lowest BCUT2D eigenvalue weighted by molar-refractivity contribution is -0.331. The van der Waals surface area contributed by atoms with Gasteiger partial charge in [-0.05, 0) is 51.5 Å². The lowest BCUT2D eigenvalue weighted by atomic mass is 9.58. The maximum atomic E-state index is 6.78. The first-order chi connectivity index (χ1) is 12.5. The number of hydrogen-bond donors (Lipinski definition) is 0. The average Bonchev–Trinajstić information content (AvgIpc) is 2.63. The molecular formula is C22H33NO3. The number of morpholine rings is 1. The Hall–Kier alpha value is -0.940. The Balaban J connectivity index is 1.57. The van der Waals surface area contributed by atoms with Crippen LogP contribution in [-0.4, -0.2) is 55.6 Å². The molecule has 1 saturated carbocycles. The van der Waals surface area contributed by atoms with E-state index in [1.54, 1.807) is 0 Å². The van der Waals surface area contributed by atoms with Gasteiger partial charge in [-0.25, -0.2) is 0 Å². The van der Waals surface area contributed by atoms with Gasteiger partial charge in [-0.15, -0.1) is 0 Å². The van der Waals surface area contributed by atoms with Crippen molar-refractivity contribution in [3.63, 3.8) is 0 Å². The molecule has 4 aliphatic rings. The highest BCUT2D eigenvalue weighted by atomic mass is 16.6. The van der Waals surface area contributed by atoms with E-state index in [1.165, 1.54) is 12.0 Å². The third-order valence-electron chi connectivity index (χ3n) is 6.93. The highest BCUT2D eigenvalue weighted by Crippen LogP contribution is 2.59. The molecule has 1 aliphatic carbocycles. The van der Waals surface area contributed by atoms with Crippen molar-refractivity contribution in [1.29, 1.82) is 0 Å². The summed E-state index contributed by atoms with van der Waals surface area (Å²) in [5.74, 6) is 0.535. The van der Waals surface area contributed by atoms with Crippen molar-refractivity contribution < 1.29 is 14.2 Å². The van der Waals surface area contributed by atoms with Crippen molar-refractivity contribution in [2.75, 3.05) is 39.5 Å². The van der Waals surface area contributed by atoms with Crippen LogP contribution in [0.1, 0.15) is 45.6 Å². The van der Waals surface area contributed by atoms with Crippen LogP contribution in [0.2, 0.25) is 0 Å². The van der Waals surface area contributed by atoms with E-state index in [2.05, 4.69) is 56.0 Å². The second-order valence-corrected chi connectivity index (χ2v) is 8.87. The highest BCUT2D eigenvalue weighted by Gasteiger charge is 2.63. The molecule has 2 bridgehead atoms. The summed E-state index contributed by atoms with van der Waals surface area (Å²) in [6.07, 6.45) is 3.34. The number of nitrogens with zero attached hydrogens (tertiary/aromatic N) is 1. The van der Waals surface area contributed by atoms with Crippen molar-refractivity contribution in [3.05, 3.63) is 35.9 Å². The van der Waals surface area contributed by atoms with Gasteiger partial charge in [0.05, 0.1) is 31.0 Å². The average molecular weight is 360 g/mol. The van der Waals surface area contributed by atoms with Gasteiger partial charge in [0.2, 0.25) is 0 Å². The van der Waals surface area contributed by atoms with Crippen molar-refractivity contribution in [2.45, 2.75) is 56.8 Å². The van der Waals surface area contributed by atoms with E-state index in [4.69, 9.17) is 14.2 Å². The molecule has 0 radical (unpaired) electrons. The molecule has 144 valence electrons. The molecule has 5 rings (SSSR count). The van der Waals surface area contributed by atoms with Crippen molar-refractivity contribution in [2.24, 2.45) is 5.92 Å². The van der Waals surface area contributed by atoms with Crippen LogP contribution < -0.4 is 0 Å². The number of fused-ring (bicyclic) bond motifs is 3. The van der Waals surface area contributed by atoms with Crippen LogP contribution in [0.25, 0.3) is 0 Å². The lowest BCUT2D eigenvalue weighted by Crippen LogP contribution is -2.67. The Labute approximate surface area is 157 Å². The van der Waals surface area contributed by atoms with Crippen molar-refractivity contribution >= 4 is 0 Å². The van der Waals surface area contributed by atoms with Crippen LogP contribution in [0.4, 0.5) is 0 Å². The normalized spacial score (nSPS) is 37.0. The quantitative estimate of drug-likeness (QED) is 0.804. The van der Waals surface area contributed by atoms with Gasteiger partial charge in [0.1, 0.15) is 5.60 Å². The molecule has 26 heavy (non-hydrogen) atoms. The van der Waals surface area contributed by atoms with E-state index in [-0.39, 0.29) is 16.8 Å². The van der Waals surface area contributed by atoms with Gasteiger partial charge >= 0.3 is 0 Å². The fourth-order valence-corrected chi connectivity index (χ4v) is 5.31. The molecular weight excluding hydrogens is 326 g/mol. The summed E-state index contributed by atoms with van der Waals surface area (Å²) < 4.78 is 19.0. The molecule has 3 unspecified atom stereocenters. The number of rotatable bonds is 5. The summed E-state index contributed by atoms with van der Waals surface area (Å²) >= 11 is 0. The van der Waals surface area contributed by atoms with Gasteiger partial charge in [0.15, 0.2) is 0 Å². The van der Waals surface area contributed by atoms with E-state index < -0.39 is 0 Å². The molecule has 0 aromatic heterocycles.